The summed E-state index contributed by atoms with van der Waals surface area (Å²) >= 11 is 0. The molecule has 2 aromatic rings. The van der Waals surface area contributed by atoms with Crippen molar-refractivity contribution in [2.24, 2.45) is 0 Å². The van der Waals surface area contributed by atoms with Gasteiger partial charge in [0.15, 0.2) is 29.6 Å². The molecule has 0 aliphatic carbocycles. The second-order valence-electron chi connectivity index (χ2n) is 7.66. The molecule has 9 heteroatoms. The van der Waals surface area contributed by atoms with E-state index in [1.165, 1.54) is 9.80 Å². The van der Waals surface area contributed by atoms with Gasteiger partial charge < -0.3 is 20.1 Å². The Morgan fingerprint density at radius 2 is 1.87 bits per heavy atom. The third-order valence-electron chi connectivity index (χ3n) is 5.60. The van der Waals surface area contributed by atoms with Gasteiger partial charge in [0.2, 0.25) is 0 Å². The molecule has 2 aliphatic heterocycles. The second-order valence-corrected chi connectivity index (χ2v) is 7.66. The number of fused-ring (bicyclic) bond motifs is 2. The van der Waals surface area contributed by atoms with Gasteiger partial charge in [-0.15, -0.1) is 0 Å². The minimum absolute atomic E-state index is 0.201. The number of ketones is 1. The predicted octanol–water partition coefficient (Wildman–Crippen LogP) is 2.18. The lowest BCUT2D eigenvalue weighted by atomic mass is 10.0. The highest BCUT2D eigenvalue weighted by molar-refractivity contribution is 6.11. The van der Waals surface area contributed by atoms with E-state index >= 15 is 0 Å². The lowest BCUT2D eigenvalue weighted by Crippen LogP contribution is -2.52. The molecule has 1 aromatic carbocycles. The first kappa shape index (κ1) is 20.6. The Bertz CT molecular complexity index is 1090. The van der Waals surface area contributed by atoms with Gasteiger partial charge in [0, 0.05) is 12.6 Å². The van der Waals surface area contributed by atoms with Crippen LogP contribution in [0.1, 0.15) is 37.6 Å². The number of amides is 2. The normalized spacial score (nSPS) is 21.0. The highest BCUT2D eigenvalue weighted by atomic mass is 16.5. The van der Waals surface area contributed by atoms with Crippen LogP contribution in [0.5, 0.6) is 11.5 Å². The summed E-state index contributed by atoms with van der Waals surface area (Å²) in [4.78, 5) is 45.8. The van der Waals surface area contributed by atoms with Gasteiger partial charge in [-0.1, -0.05) is 6.92 Å². The number of hydrogen-bond acceptors (Lipinski definition) is 7. The van der Waals surface area contributed by atoms with E-state index in [-0.39, 0.29) is 29.2 Å². The summed E-state index contributed by atoms with van der Waals surface area (Å²) in [6, 6.07) is 7.27. The third-order valence-corrected chi connectivity index (χ3v) is 5.60. The van der Waals surface area contributed by atoms with E-state index in [2.05, 4.69) is 4.98 Å². The molecule has 9 nitrogen and oxygen atoms in total. The van der Waals surface area contributed by atoms with Crippen molar-refractivity contribution >= 4 is 34.9 Å². The summed E-state index contributed by atoms with van der Waals surface area (Å²) in [7, 11) is 1.64. The van der Waals surface area contributed by atoms with Crippen molar-refractivity contribution < 1.29 is 23.9 Å². The number of nitrogens with zero attached hydrogens (tertiary/aromatic N) is 3. The maximum absolute atomic E-state index is 13.4. The number of pyridine rings is 1. The minimum atomic E-state index is -0.860. The quantitative estimate of drug-likeness (QED) is 0.748. The van der Waals surface area contributed by atoms with Gasteiger partial charge in [0.05, 0.1) is 11.7 Å². The molecule has 2 amide bonds. The zero-order valence-corrected chi connectivity index (χ0v) is 17.8. The van der Waals surface area contributed by atoms with Crippen molar-refractivity contribution in [3.63, 3.8) is 0 Å². The number of anilines is 3. The monoisotopic (exact) mass is 424 g/mol. The number of benzene rings is 1. The molecule has 0 spiro atoms. The van der Waals surface area contributed by atoms with Crippen LogP contribution < -0.4 is 25.0 Å². The van der Waals surface area contributed by atoms with E-state index in [9.17, 15) is 14.4 Å². The van der Waals surface area contributed by atoms with Gasteiger partial charge in [0.25, 0.3) is 11.8 Å². The van der Waals surface area contributed by atoms with Crippen molar-refractivity contribution in [3.05, 3.63) is 35.9 Å². The minimum Gasteiger partial charge on any atom is -0.479 e. The van der Waals surface area contributed by atoms with Gasteiger partial charge in [-0.05, 0) is 50.6 Å². The van der Waals surface area contributed by atoms with Crippen molar-refractivity contribution in [3.8, 4) is 11.5 Å². The summed E-state index contributed by atoms with van der Waals surface area (Å²) in [6.45, 7) is 5.15. The Balaban J connectivity index is 1.71. The third kappa shape index (κ3) is 3.35. The Morgan fingerprint density at radius 1 is 1.16 bits per heavy atom. The fourth-order valence-electron chi connectivity index (χ4n) is 3.83. The van der Waals surface area contributed by atoms with Crippen LogP contribution >= 0.6 is 0 Å². The molecular weight excluding hydrogens is 400 g/mol. The highest BCUT2D eigenvalue weighted by Crippen LogP contribution is 2.37. The van der Waals surface area contributed by atoms with Crippen LogP contribution in [0, 0.1) is 0 Å². The van der Waals surface area contributed by atoms with Crippen molar-refractivity contribution in [1.29, 1.82) is 0 Å². The first-order valence-corrected chi connectivity index (χ1v) is 10.1. The van der Waals surface area contributed by atoms with E-state index in [0.29, 0.717) is 29.2 Å². The molecule has 0 fully saturated rings. The lowest BCUT2D eigenvalue weighted by molar-refractivity contribution is -0.127. The number of nitrogens with two attached hydrogens (primary N) is 1. The molecule has 31 heavy (non-hydrogen) atoms. The average Bonchev–Trinajstić information content (AvgIpc) is 2.76. The van der Waals surface area contributed by atoms with E-state index in [0.717, 1.165) is 0 Å². The van der Waals surface area contributed by atoms with E-state index in [4.69, 9.17) is 15.2 Å². The van der Waals surface area contributed by atoms with Gasteiger partial charge in [-0.3, -0.25) is 19.3 Å². The van der Waals surface area contributed by atoms with Crippen LogP contribution in [0.3, 0.4) is 0 Å². The molecule has 0 saturated heterocycles. The van der Waals surface area contributed by atoms with Gasteiger partial charge >= 0.3 is 0 Å². The summed E-state index contributed by atoms with van der Waals surface area (Å²) in [6.07, 6.45) is -0.861. The number of Topliss-reactive ketones (excluding diaryl/α,β-unsaturated/α-hetero) is 1. The molecule has 0 saturated carbocycles. The zero-order valence-electron chi connectivity index (χ0n) is 17.8. The van der Waals surface area contributed by atoms with E-state index in [1.54, 1.807) is 51.2 Å². The predicted molar refractivity (Wildman–Crippen MR) is 115 cm³/mol. The lowest BCUT2D eigenvalue weighted by Gasteiger charge is -2.36. The van der Waals surface area contributed by atoms with Crippen molar-refractivity contribution in [2.45, 2.75) is 45.4 Å². The molecule has 4 rings (SSSR count). The number of rotatable bonds is 4. The van der Waals surface area contributed by atoms with Gasteiger partial charge in [0.1, 0.15) is 11.6 Å². The highest BCUT2D eigenvalue weighted by Gasteiger charge is 2.40. The summed E-state index contributed by atoms with van der Waals surface area (Å²) in [5, 5.41) is 0. The molecule has 1 aromatic heterocycles. The summed E-state index contributed by atoms with van der Waals surface area (Å²) in [5.74, 6) is 0.505. The maximum atomic E-state index is 13.4. The SMILES string of the molecule is CCC1Oc2ccc(N)nc2N(C(C)C(=O)c2ccc3c(c2)N(C)C(=O)C(C)O3)C1=O. The number of hydrogen-bond donors (Lipinski definition) is 1. The largest absolute Gasteiger partial charge is 0.479 e. The van der Waals surface area contributed by atoms with E-state index < -0.39 is 18.2 Å². The van der Waals surface area contributed by atoms with Gasteiger partial charge in [-0.25, -0.2) is 4.98 Å². The van der Waals surface area contributed by atoms with Crippen LogP contribution in [0.15, 0.2) is 30.3 Å². The molecule has 2 N–H and O–H groups in total. The van der Waals surface area contributed by atoms with Crippen LogP contribution in [0.4, 0.5) is 17.3 Å². The number of carbonyl (C=O) groups is 3. The molecule has 2 aliphatic rings. The van der Waals surface area contributed by atoms with Crippen LogP contribution in [-0.2, 0) is 9.59 Å². The Labute approximate surface area is 179 Å². The maximum Gasteiger partial charge on any atom is 0.269 e. The molecule has 162 valence electrons. The second kappa shape index (κ2) is 7.57. The van der Waals surface area contributed by atoms with E-state index in [1.807, 2.05) is 6.92 Å². The molecule has 3 heterocycles. The van der Waals surface area contributed by atoms with Crippen LogP contribution in [0.25, 0.3) is 0 Å². The molecule has 0 bridgehead atoms. The number of nitrogen functional groups attached to an aromatic ring is 1. The molecule has 3 atom stereocenters. The topological polar surface area (TPSA) is 115 Å². The Kier molecular flexibility index (Phi) is 5.04. The van der Waals surface area contributed by atoms with Crippen molar-refractivity contribution in [1.82, 2.24) is 4.98 Å². The van der Waals surface area contributed by atoms with Gasteiger partial charge in [-0.2, -0.15) is 0 Å². The van der Waals surface area contributed by atoms with Crippen LogP contribution in [-0.4, -0.2) is 47.9 Å². The molecule has 0 radical (unpaired) electrons. The number of aromatic nitrogens is 1. The first-order chi connectivity index (χ1) is 14.7. The summed E-state index contributed by atoms with van der Waals surface area (Å²) < 4.78 is 11.4. The van der Waals surface area contributed by atoms with Crippen LogP contribution in [0.2, 0.25) is 0 Å². The molecular formula is C22H24N4O5. The fourth-order valence-corrected chi connectivity index (χ4v) is 3.83. The fraction of sp³-hybridized carbons (Fsp3) is 0.364. The first-order valence-electron chi connectivity index (χ1n) is 10.1. The standard InChI is InChI=1S/C22H24N4O5/c1-5-15-22(29)26(20-17(31-15)8-9-18(23)24-20)11(2)19(27)13-6-7-16-14(10-13)25(4)21(28)12(3)30-16/h6-12,15H,5H2,1-4H3,(H2,23,24). The van der Waals surface area contributed by atoms with Crippen molar-refractivity contribution in [2.75, 3.05) is 22.6 Å². The summed E-state index contributed by atoms with van der Waals surface area (Å²) in [5.41, 5.74) is 6.67. The molecule has 3 unspecified atom stereocenters. The smallest absolute Gasteiger partial charge is 0.269 e. The number of ether oxygens (including phenoxy) is 2. The Hall–Kier alpha value is -3.62. The average molecular weight is 424 g/mol. The Morgan fingerprint density at radius 3 is 2.58 bits per heavy atom. The number of carbonyl (C=O) groups excluding carboxylic acids is 3. The zero-order chi connectivity index (χ0) is 22.4. The number of likely N-dealkylation sites (N-methyl/N-ethyl adjacent to an activating group) is 1.